The third-order valence-corrected chi connectivity index (χ3v) is 8.22. The Labute approximate surface area is 258 Å². The number of benzene rings is 1. The Hall–Kier alpha value is -4.42. The molecule has 1 atom stereocenters. The van der Waals surface area contributed by atoms with Gasteiger partial charge in [-0.25, -0.2) is 15.0 Å². The first-order chi connectivity index (χ1) is 21.4. The van der Waals surface area contributed by atoms with Gasteiger partial charge in [0.15, 0.2) is 0 Å². The number of amides is 1. The maximum Gasteiger partial charge on any atom is 0.406 e. The van der Waals surface area contributed by atoms with E-state index in [1.807, 2.05) is 17.0 Å². The Kier molecular flexibility index (Phi) is 9.45. The molecular formula is C32H36F3N5O5. The minimum absolute atomic E-state index is 0.0215. The van der Waals surface area contributed by atoms with Gasteiger partial charge in [-0.3, -0.25) is 14.5 Å². The van der Waals surface area contributed by atoms with Crippen LogP contribution in [0.5, 0.6) is 11.6 Å². The first-order valence-corrected chi connectivity index (χ1v) is 15.0. The summed E-state index contributed by atoms with van der Waals surface area (Å²) in [6.07, 6.45) is 0.396. The smallest absolute Gasteiger partial charge is 0.406 e. The van der Waals surface area contributed by atoms with Crippen LogP contribution in [-0.4, -0.2) is 69.5 Å². The zero-order valence-electron chi connectivity index (χ0n) is 25.1. The third kappa shape index (κ3) is 8.40. The number of aliphatic carboxylic acids is 1. The van der Waals surface area contributed by atoms with Crippen molar-refractivity contribution in [1.82, 2.24) is 15.0 Å². The highest BCUT2D eigenvalue weighted by Gasteiger charge is 2.37. The molecule has 5 rings (SSSR count). The first kappa shape index (κ1) is 32.0. The van der Waals surface area contributed by atoms with Crippen molar-refractivity contribution in [3.8, 4) is 11.6 Å². The average Bonchev–Trinajstić information content (AvgIpc) is 3.82. The Balaban J connectivity index is 1.27. The number of aromatic hydroxyl groups is 1. The van der Waals surface area contributed by atoms with E-state index in [1.54, 1.807) is 20.0 Å². The van der Waals surface area contributed by atoms with Gasteiger partial charge >= 0.3 is 12.1 Å². The number of piperidine rings is 1. The maximum absolute atomic E-state index is 13.7. The summed E-state index contributed by atoms with van der Waals surface area (Å²) in [5.41, 5.74) is 1.70. The predicted molar refractivity (Wildman–Crippen MR) is 160 cm³/mol. The highest BCUT2D eigenvalue weighted by atomic mass is 19.4. The molecule has 2 aliphatic rings. The Morgan fingerprint density at radius 1 is 1.07 bits per heavy atom. The highest BCUT2D eigenvalue weighted by Crippen LogP contribution is 2.45. The fourth-order valence-corrected chi connectivity index (χ4v) is 5.90. The van der Waals surface area contributed by atoms with Crippen LogP contribution in [0.2, 0.25) is 0 Å². The van der Waals surface area contributed by atoms with Crippen LogP contribution in [0.15, 0.2) is 42.6 Å². The number of ether oxygens (including phenoxy) is 1. The predicted octanol–water partition coefficient (Wildman–Crippen LogP) is 5.67. The van der Waals surface area contributed by atoms with Gasteiger partial charge in [-0.15, -0.1) is 0 Å². The first-order valence-electron chi connectivity index (χ1n) is 15.0. The zero-order chi connectivity index (χ0) is 32.3. The third-order valence-electron chi connectivity index (χ3n) is 8.22. The molecule has 1 aliphatic heterocycles. The second kappa shape index (κ2) is 13.3. The molecule has 1 aromatic carbocycles. The lowest BCUT2D eigenvalue weighted by Gasteiger charge is -2.35. The number of rotatable bonds is 11. The van der Waals surface area contributed by atoms with Gasteiger partial charge in [0.1, 0.15) is 23.9 Å². The fraction of sp³-hybridized carbons (Fsp3) is 0.469. The van der Waals surface area contributed by atoms with Gasteiger partial charge in [-0.05, 0) is 81.0 Å². The minimum Gasteiger partial charge on any atom is -0.508 e. The molecule has 3 heterocycles. The number of pyridine rings is 1. The lowest BCUT2D eigenvalue weighted by atomic mass is 9.92. The van der Waals surface area contributed by atoms with Crippen molar-refractivity contribution < 1.29 is 37.7 Å². The topological polar surface area (TPSA) is 129 Å². The van der Waals surface area contributed by atoms with Crippen LogP contribution in [0.25, 0.3) is 0 Å². The second-order valence-corrected chi connectivity index (χ2v) is 11.8. The van der Waals surface area contributed by atoms with Gasteiger partial charge in [-0.1, -0.05) is 0 Å². The van der Waals surface area contributed by atoms with Gasteiger partial charge in [0.2, 0.25) is 5.88 Å². The van der Waals surface area contributed by atoms with Crippen LogP contribution in [0, 0.1) is 25.7 Å². The number of phenolic OH excluding ortho intramolecular Hbond substituents is 1. The summed E-state index contributed by atoms with van der Waals surface area (Å²) in [5, 5.41) is 19.6. The number of halogens is 3. The largest absolute Gasteiger partial charge is 0.508 e. The lowest BCUT2D eigenvalue weighted by molar-refractivity contribution is -0.137. The van der Waals surface area contributed by atoms with Crippen LogP contribution in [0.1, 0.15) is 65.5 Å². The monoisotopic (exact) mass is 627 g/mol. The Morgan fingerprint density at radius 3 is 2.44 bits per heavy atom. The van der Waals surface area contributed by atoms with Crippen molar-refractivity contribution in [1.29, 1.82) is 0 Å². The molecule has 0 radical (unpaired) electrons. The number of carbonyl (C=O) groups is 2. The number of nitrogens with zero attached hydrogens (tertiary/aromatic N) is 5. The number of alkyl halides is 3. The number of carboxylic acids is 1. The quantitative estimate of drug-likeness (QED) is 0.276. The van der Waals surface area contributed by atoms with Crippen LogP contribution < -0.4 is 14.5 Å². The van der Waals surface area contributed by atoms with Crippen LogP contribution >= 0.6 is 0 Å². The molecule has 13 heteroatoms. The summed E-state index contributed by atoms with van der Waals surface area (Å²) in [4.78, 5) is 40.1. The molecule has 240 valence electrons. The number of carboxylic acid groups (broad SMARTS) is 1. The molecule has 45 heavy (non-hydrogen) atoms. The Morgan fingerprint density at radius 2 is 1.80 bits per heavy atom. The van der Waals surface area contributed by atoms with Gasteiger partial charge in [0.25, 0.3) is 5.91 Å². The molecule has 2 N–H and O–H groups in total. The molecule has 3 aromatic rings. The molecule has 2 fully saturated rings. The summed E-state index contributed by atoms with van der Waals surface area (Å²) >= 11 is 0. The van der Waals surface area contributed by atoms with Gasteiger partial charge in [-0.2, -0.15) is 13.2 Å². The standard InChI is InChI=1S/C32H36F3N5O5/c1-19-13-28(38-20(2)37-19)40(18-32(33,34)35)31(44)25-6-5-24(41)15-27(25)39-11-8-21(9-12-39)17-45-29-14-23(7-10-36-29)26(16-30(42)43)22-3-4-22/h5-7,10,13-15,21-22,26,41H,3-4,8-9,11-12,16-18H2,1-2H3,(H,42,43). The molecule has 1 saturated heterocycles. The van der Waals surface area contributed by atoms with E-state index in [1.165, 1.54) is 24.3 Å². The lowest BCUT2D eigenvalue weighted by Crippen LogP contribution is -2.41. The molecule has 10 nitrogen and oxygen atoms in total. The van der Waals surface area contributed by atoms with Crippen molar-refractivity contribution in [2.24, 2.45) is 11.8 Å². The van der Waals surface area contributed by atoms with Crippen molar-refractivity contribution in [3.05, 3.63) is 65.2 Å². The normalized spacial score (nSPS) is 16.3. The van der Waals surface area contributed by atoms with E-state index in [0.717, 1.165) is 18.4 Å². The molecular weight excluding hydrogens is 591 g/mol. The average molecular weight is 628 g/mol. The number of hydrogen-bond acceptors (Lipinski definition) is 8. The van der Waals surface area contributed by atoms with E-state index >= 15 is 0 Å². The number of carbonyl (C=O) groups excluding carboxylic acids is 1. The molecule has 0 spiro atoms. The highest BCUT2D eigenvalue weighted by molar-refractivity contribution is 6.09. The Bertz CT molecular complexity index is 1520. The molecule has 1 unspecified atom stereocenters. The maximum atomic E-state index is 13.7. The SMILES string of the molecule is Cc1cc(N(CC(F)(F)F)C(=O)c2ccc(O)cc2N2CCC(COc3cc(C(CC(=O)O)C4CC4)ccn3)CC2)nc(C)n1. The summed E-state index contributed by atoms with van der Waals surface area (Å²) in [7, 11) is 0. The second-order valence-electron chi connectivity index (χ2n) is 11.8. The van der Waals surface area contributed by atoms with E-state index in [0.29, 0.717) is 60.6 Å². The van der Waals surface area contributed by atoms with Crippen molar-refractivity contribution in [2.75, 3.05) is 36.0 Å². The number of anilines is 2. The molecule has 1 saturated carbocycles. The van der Waals surface area contributed by atoms with Crippen LogP contribution in [-0.2, 0) is 4.79 Å². The number of phenols is 1. The summed E-state index contributed by atoms with van der Waals surface area (Å²) in [6, 6.07) is 9.02. The van der Waals surface area contributed by atoms with Crippen molar-refractivity contribution in [3.63, 3.8) is 0 Å². The summed E-state index contributed by atoms with van der Waals surface area (Å²) in [5.74, 6) is -0.852. The molecule has 0 bridgehead atoms. The zero-order valence-corrected chi connectivity index (χ0v) is 25.1. The number of aromatic nitrogens is 3. The van der Waals surface area contributed by atoms with Crippen molar-refractivity contribution in [2.45, 2.75) is 58.0 Å². The van der Waals surface area contributed by atoms with E-state index in [9.17, 15) is 33.0 Å². The van der Waals surface area contributed by atoms with Gasteiger partial charge in [0, 0.05) is 43.2 Å². The molecule has 1 amide bonds. The van der Waals surface area contributed by atoms with E-state index < -0.39 is 24.6 Å². The van der Waals surface area contributed by atoms with E-state index in [4.69, 9.17) is 4.74 Å². The van der Waals surface area contributed by atoms with Gasteiger partial charge < -0.3 is 19.8 Å². The summed E-state index contributed by atoms with van der Waals surface area (Å²) in [6.45, 7) is 2.98. The minimum atomic E-state index is -4.68. The number of aryl methyl sites for hydroxylation is 2. The van der Waals surface area contributed by atoms with E-state index in [2.05, 4.69) is 15.0 Å². The molecule has 1 aliphatic carbocycles. The van der Waals surface area contributed by atoms with Crippen LogP contribution in [0.3, 0.4) is 0 Å². The van der Waals surface area contributed by atoms with E-state index in [-0.39, 0.29) is 41.2 Å². The number of hydrogen-bond donors (Lipinski definition) is 2. The fourth-order valence-electron chi connectivity index (χ4n) is 5.90. The molecule has 2 aromatic heterocycles. The van der Waals surface area contributed by atoms with Crippen LogP contribution in [0.4, 0.5) is 24.7 Å². The summed E-state index contributed by atoms with van der Waals surface area (Å²) < 4.78 is 47.0. The van der Waals surface area contributed by atoms with Gasteiger partial charge in [0.05, 0.1) is 24.3 Å². The van der Waals surface area contributed by atoms with Crippen molar-refractivity contribution >= 4 is 23.4 Å².